The van der Waals surface area contributed by atoms with Crippen LogP contribution >= 0.6 is 0 Å². The lowest BCUT2D eigenvalue weighted by atomic mass is 9.42. The fourth-order valence-corrected chi connectivity index (χ4v) is 10.1. The van der Waals surface area contributed by atoms with Crippen molar-refractivity contribution in [2.45, 2.75) is 132 Å². The molecule has 0 radical (unpaired) electrons. The van der Waals surface area contributed by atoms with E-state index in [1.165, 1.54) is 26.3 Å². The van der Waals surface area contributed by atoms with Crippen molar-refractivity contribution >= 4 is 17.9 Å². The molecule has 2 saturated carbocycles. The zero-order chi connectivity index (χ0) is 31.6. The molecule has 0 heterocycles. The van der Waals surface area contributed by atoms with Crippen molar-refractivity contribution in [2.75, 3.05) is 0 Å². The Morgan fingerprint density at radius 2 is 1.64 bits per heavy atom. The van der Waals surface area contributed by atoms with Gasteiger partial charge in [-0.2, -0.15) is 0 Å². The molecule has 8 heteroatoms. The number of hydrogen-bond acceptors (Lipinski definition) is 7. The van der Waals surface area contributed by atoms with Gasteiger partial charge in [-0.15, -0.1) is 0 Å². The number of rotatable bonds is 7. The highest BCUT2D eigenvalue weighted by Crippen LogP contribution is 2.72. The minimum absolute atomic E-state index is 0.0108. The van der Waals surface area contributed by atoms with E-state index in [2.05, 4.69) is 34.6 Å². The number of fused-ring (bicyclic) bond motifs is 4. The SMILES string of the molecule is CC(=O)O[C@@H](C/C=C(\C)C(=O)O)[C@@H](C)[C@H]1C[C@H](O)[C@@]2(C)C3=C(CC[C@]12C)[C@@]1(C)CC[C@@H](OC(C)=O)C(C)(C)[C@@H]1C[C@H]3O. The van der Waals surface area contributed by atoms with Gasteiger partial charge in [0.15, 0.2) is 0 Å². The summed E-state index contributed by atoms with van der Waals surface area (Å²) in [4.78, 5) is 35.4. The fourth-order valence-electron chi connectivity index (χ4n) is 10.1. The molecular weight excluding hydrogens is 536 g/mol. The Labute approximate surface area is 250 Å². The Balaban J connectivity index is 1.73. The molecule has 42 heavy (non-hydrogen) atoms. The van der Waals surface area contributed by atoms with Gasteiger partial charge in [-0.3, -0.25) is 9.59 Å². The summed E-state index contributed by atoms with van der Waals surface area (Å²) in [5.41, 5.74) is 0.926. The predicted molar refractivity (Wildman–Crippen MR) is 158 cm³/mol. The van der Waals surface area contributed by atoms with Crippen LogP contribution in [0.1, 0.15) is 107 Å². The Hall–Kier alpha value is -2.19. The molecule has 10 atom stereocenters. The van der Waals surface area contributed by atoms with Gasteiger partial charge in [0.05, 0.1) is 12.2 Å². The number of carbonyl (C=O) groups excluding carboxylic acids is 2. The fraction of sp³-hybridized carbons (Fsp3) is 0.794. The smallest absolute Gasteiger partial charge is 0.330 e. The zero-order valence-corrected chi connectivity index (χ0v) is 27.0. The number of hydrogen-bond donors (Lipinski definition) is 3. The summed E-state index contributed by atoms with van der Waals surface area (Å²) in [6.07, 6.45) is 4.08. The molecule has 236 valence electrons. The second-order valence-electron chi connectivity index (χ2n) is 15.0. The number of carboxylic acid groups (broad SMARTS) is 1. The number of aliphatic carboxylic acids is 1. The van der Waals surface area contributed by atoms with Crippen LogP contribution in [0, 0.1) is 39.4 Å². The van der Waals surface area contributed by atoms with Gasteiger partial charge in [-0.25, -0.2) is 4.79 Å². The maximum absolute atomic E-state index is 12.1. The van der Waals surface area contributed by atoms with Crippen molar-refractivity contribution in [1.29, 1.82) is 0 Å². The number of carboxylic acids is 1. The highest BCUT2D eigenvalue weighted by molar-refractivity contribution is 5.85. The van der Waals surface area contributed by atoms with Crippen molar-refractivity contribution in [3.63, 3.8) is 0 Å². The van der Waals surface area contributed by atoms with Crippen molar-refractivity contribution < 1.29 is 39.2 Å². The van der Waals surface area contributed by atoms with E-state index in [-0.39, 0.29) is 58.1 Å². The van der Waals surface area contributed by atoms with E-state index < -0.39 is 35.7 Å². The van der Waals surface area contributed by atoms with Gasteiger partial charge in [-0.05, 0) is 79.6 Å². The molecule has 3 N–H and O–H groups in total. The molecule has 2 fully saturated rings. The molecule has 0 spiro atoms. The summed E-state index contributed by atoms with van der Waals surface area (Å²) in [5, 5.41) is 33.2. The molecule has 4 aliphatic carbocycles. The lowest BCUT2D eigenvalue weighted by molar-refractivity contribution is -0.170. The van der Waals surface area contributed by atoms with Crippen LogP contribution in [0.5, 0.6) is 0 Å². The van der Waals surface area contributed by atoms with E-state index in [0.29, 0.717) is 12.8 Å². The molecule has 0 aliphatic heterocycles. The molecule has 0 aromatic heterocycles. The maximum atomic E-state index is 12.1. The van der Waals surface area contributed by atoms with Gasteiger partial charge < -0.3 is 24.8 Å². The number of ether oxygens (including phenoxy) is 2. The third-order valence-corrected chi connectivity index (χ3v) is 12.7. The summed E-state index contributed by atoms with van der Waals surface area (Å²) in [5.74, 6) is -1.72. The van der Waals surface area contributed by atoms with Crippen LogP contribution in [0.3, 0.4) is 0 Å². The van der Waals surface area contributed by atoms with Crippen LogP contribution in [0.25, 0.3) is 0 Å². The second kappa shape index (κ2) is 11.1. The first-order valence-electron chi connectivity index (χ1n) is 15.7. The number of allylic oxidation sites excluding steroid dienone is 1. The Morgan fingerprint density at radius 3 is 2.21 bits per heavy atom. The van der Waals surface area contributed by atoms with Gasteiger partial charge in [-0.1, -0.05) is 53.2 Å². The molecule has 4 aliphatic rings. The number of aliphatic hydroxyl groups is 2. The van der Waals surface area contributed by atoms with Gasteiger partial charge >= 0.3 is 17.9 Å². The summed E-state index contributed by atoms with van der Waals surface area (Å²) >= 11 is 0. The average molecular weight is 589 g/mol. The van der Waals surface area contributed by atoms with Gasteiger partial charge in [0, 0.05) is 36.7 Å². The Bertz CT molecular complexity index is 1180. The molecule has 4 rings (SSSR count). The second-order valence-corrected chi connectivity index (χ2v) is 15.0. The quantitative estimate of drug-likeness (QED) is 0.199. The van der Waals surface area contributed by atoms with E-state index in [0.717, 1.165) is 31.3 Å². The van der Waals surface area contributed by atoms with Crippen LogP contribution in [-0.4, -0.2) is 57.6 Å². The summed E-state index contributed by atoms with van der Waals surface area (Å²) < 4.78 is 11.5. The van der Waals surface area contributed by atoms with Gasteiger partial charge in [0.25, 0.3) is 0 Å². The molecule has 0 bridgehead atoms. The van der Waals surface area contributed by atoms with Crippen LogP contribution in [0.2, 0.25) is 0 Å². The average Bonchev–Trinajstić information content (AvgIpc) is 3.09. The first kappa shape index (κ1) is 32.7. The predicted octanol–water partition coefficient (Wildman–Crippen LogP) is 5.60. The molecule has 0 aromatic carbocycles. The zero-order valence-electron chi connectivity index (χ0n) is 27.0. The van der Waals surface area contributed by atoms with E-state index >= 15 is 0 Å². The van der Waals surface area contributed by atoms with Crippen molar-refractivity contribution in [3.05, 3.63) is 22.8 Å². The highest BCUT2D eigenvalue weighted by Gasteiger charge is 2.68. The summed E-state index contributed by atoms with van der Waals surface area (Å²) in [6, 6.07) is 0. The Kier molecular flexibility index (Phi) is 8.62. The third kappa shape index (κ3) is 4.94. The highest BCUT2D eigenvalue weighted by atomic mass is 16.5. The third-order valence-electron chi connectivity index (χ3n) is 12.7. The summed E-state index contributed by atoms with van der Waals surface area (Å²) in [6.45, 7) is 17.4. The monoisotopic (exact) mass is 588 g/mol. The maximum Gasteiger partial charge on any atom is 0.330 e. The van der Waals surface area contributed by atoms with E-state index in [4.69, 9.17) is 9.47 Å². The Morgan fingerprint density at radius 1 is 1.00 bits per heavy atom. The normalized spacial score (nSPS) is 40.7. The molecule has 0 saturated heterocycles. The first-order chi connectivity index (χ1) is 19.3. The van der Waals surface area contributed by atoms with Crippen molar-refractivity contribution in [3.8, 4) is 0 Å². The lowest BCUT2D eigenvalue weighted by Gasteiger charge is -2.63. The van der Waals surface area contributed by atoms with E-state index in [1.54, 1.807) is 6.08 Å². The number of aliphatic hydroxyl groups excluding tert-OH is 2. The number of carbonyl (C=O) groups is 3. The van der Waals surface area contributed by atoms with Crippen molar-refractivity contribution in [1.82, 2.24) is 0 Å². The van der Waals surface area contributed by atoms with E-state index in [1.807, 2.05) is 6.92 Å². The molecule has 0 amide bonds. The topological polar surface area (TPSA) is 130 Å². The molecule has 0 aromatic rings. The van der Waals surface area contributed by atoms with E-state index in [9.17, 15) is 29.7 Å². The standard InChI is InChI=1S/C34H52O8/c1-18(30(39)40)10-11-25(41-20(3)35)19(2)23-16-27(38)34(9)29-22(12-15-33(23,34)8)32(7)14-13-28(42-21(4)36)31(5,6)26(32)17-24(29)37/h10,19,23-28,37-38H,11-17H2,1-9H3,(H,39,40)/b18-10+/t19-,23+,24+,25-,26-,27-,28+,32+,33+,34-/m0/s1. The van der Waals surface area contributed by atoms with Gasteiger partial charge in [0.2, 0.25) is 0 Å². The number of esters is 2. The lowest BCUT2D eigenvalue weighted by Crippen LogP contribution is -2.59. The molecule has 0 unspecified atom stereocenters. The molecule has 8 nitrogen and oxygen atoms in total. The molecular formula is C34H52O8. The van der Waals surface area contributed by atoms with Crippen LogP contribution in [0.4, 0.5) is 0 Å². The minimum atomic E-state index is -1.00. The minimum Gasteiger partial charge on any atom is -0.478 e. The summed E-state index contributed by atoms with van der Waals surface area (Å²) in [7, 11) is 0. The van der Waals surface area contributed by atoms with Gasteiger partial charge in [0.1, 0.15) is 12.2 Å². The van der Waals surface area contributed by atoms with Crippen LogP contribution in [0.15, 0.2) is 22.8 Å². The van der Waals surface area contributed by atoms with Crippen LogP contribution < -0.4 is 0 Å². The largest absolute Gasteiger partial charge is 0.478 e. The van der Waals surface area contributed by atoms with Crippen molar-refractivity contribution in [2.24, 2.45) is 39.4 Å². The van der Waals surface area contributed by atoms with Crippen LogP contribution in [-0.2, 0) is 23.9 Å². The first-order valence-corrected chi connectivity index (χ1v) is 15.7.